The molecule has 118 valence electrons. The van der Waals surface area contributed by atoms with Gasteiger partial charge in [0.05, 0.1) is 13.7 Å². The fourth-order valence-electron chi connectivity index (χ4n) is 2.69. The largest absolute Gasteiger partial charge is 0.496 e. The van der Waals surface area contributed by atoms with Gasteiger partial charge in [0, 0.05) is 24.6 Å². The number of rotatable bonds is 6. The number of hydrogen-bond acceptors (Lipinski definition) is 4. The van der Waals surface area contributed by atoms with Gasteiger partial charge in [0.15, 0.2) is 0 Å². The molecular weight excluding hydrogens is 283 g/mol. The van der Waals surface area contributed by atoms with E-state index in [0.717, 1.165) is 11.6 Å². The van der Waals surface area contributed by atoms with Gasteiger partial charge < -0.3 is 14.6 Å². The minimum Gasteiger partial charge on any atom is -0.496 e. The first-order valence-corrected chi connectivity index (χ1v) is 7.55. The summed E-state index contributed by atoms with van der Waals surface area (Å²) in [5.74, 6) is 2.76. The van der Waals surface area contributed by atoms with Crippen LogP contribution in [0, 0.1) is 5.82 Å². The van der Waals surface area contributed by atoms with Crippen LogP contribution in [0.1, 0.15) is 48.9 Å². The second kappa shape index (κ2) is 6.04. The summed E-state index contributed by atoms with van der Waals surface area (Å²) in [5.41, 5.74) is 0.537. The van der Waals surface area contributed by atoms with Gasteiger partial charge in [-0.25, -0.2) is 4.39 Å². The molecule has 2 aromatic rings. The van der Waals surface area contributed by atoms with Gasteiger partial charge >= 0.3 is 0 Å². The van der Waals surface area contributed by atoms with Crippen LogP contribution in [0.2, 0.25) is 0 Å². The Bertz CT molecular complexity index is 666. The summed E-state index contributed by atoms with van der Waals surface area (Å²) >= 11 is 0. The average molecular weight is 304 g/mol. The number of halogens is 1. The van der Waals surface area contributed by atoms with Crippen LogP contribution in [0.5, 0.6) is 5.75 Å². The van der Waals surface area contributed by atoms with Crippen molar-refractivity contribution in [1.29, 1.82) is 0 Å². The molecule has 6 heteroatoms. The maximum absolute atomic E-state index is 14.1. The number of methoxy groups -OCH3 is 1. The van der Waals surface area contributed by atoms with Crippen molar-refractivity contribution >= 4 is 0 Å². The SMILES string of the molecule is COc1cccc(F)c1[C@@H](C)NCc1nnc(C2CC2)n1C. The van der Waals surface area contributed by atoms with Gasteiger partial charge in [0.25, 0.3) is 0 Å². The molecule has 0 unspecified atom stereocenters. The van der Waals surface area contributed by atoms with E-state index < -0.39 is 0 Å². The van der Waals surface area contributed by atoms with Crippen LogP contribution in [0.25, 0.3) is 0 Å². The molecule has 22 heavy (non-hydrogen) atoms. The first kappa shape index (κ1) is 15.0. The lowest BCUT2D eigenvalue weighted by molar-refractivity contribution is 0.392. The molecule has 1 aromatic heterocycles. The Morgan fingerprint density at radius 3 is 2.86 bits per heavy atom. The van der Waals surface area contributed by atoms with E-state index >= 15 is 0 Å². The molecule has 1 aliphatic rings. The first-order chi connectivity index (χ1) is 10.6. The Hall–Kier alpha value is -1.95. The fraction of sp³-hybridized carbons (Fsp3) is 0.500. The summed E-state index contributed by atoms with van der Waals surface area (Å²) in [5, 5.41) is 11.8. The highest BCUT2D eigenvalue weighted by Gasteiger charge is 2.29. The topological polar surface area (TPSA) is 52.0 Å². The summed E-state index contributed by atoms with van der Waals surface area (Å²) in [6.07, 6.45) is 2.39. The second-order valence-electron chi connectivity index (χ2n) is 5.77. The standard InChI is InChI=1S/C16H21FN4O/c1-10(15-12(17)5-4-6-13(15)22-3)18-9-14-19-20-16(21(14)2)11-7-8-11/h4-6,10-11,18H,7-9H2,1-3H3/t10-/m1/s1. The molecular formula is C16H21FN4O. The zero-order chi connectivity index (χ0) is 15.7. The van der Waals surface area contributed by atoms with Gasteiger partial charge in [-0.2, -0.15) is 0 Å². The van der Waals surface area contributed by atoms with Crippen LogP contribution < -0.4 is 10.1 Å². The number of nitrogens with zero attached hydrogens (tertiary/aromatic N) is 3. The van der Waals surface area contributed by atoms with Crippen molar-refractivity contribution in [2.45, 2.75) is 38.3 Å². The summed E-state index contributed by atoms with van der Waals surface area (Å²) in [4.78, 5) is 0. The molecule has 0 bridgehead atoms. The smallest absolute Gasteiger partial charge is 0.146 e. The summed E-state index contributed by atoms with van der Waals surface area (Å²) < 4.78 is 21.3. The monoisotopic (exact) mass is 304 g/mol. The van der Waals surface area contributed by atoms with Gasteiger partial charge in [0.1, 0.15) is 23.2 Å². The van der Waals surface area contributed by atoms with Crippen LogP contribution in [0.15, 0.2) is 18.2 Å². The van der Waals surface area contributed by atoms with E-state index in [0.29, 0.717) is 23.8 Å². The second-order valence-corrected chi connectivity index (χ2v) is 5.77. The molecule has 0 amide bonds. The van der Waals surface area contributed by atoms with E-state index in [2.05, 4.69) is 15.5 Å². The Morgan fingerprint density at radius 1 is 1.41 bits per heavy atom. The molecule has 1 N–H and O–H groups in total. The number of nitrogens with one attached hydrogen (secondary N) is 1. The van der Waals surface area contributed by atoms with Crippen molar-refractivity contribution in [1.82, 2.24) is 20.1 Å². The third-order valence-electron chi connectivity index (χ3n) is 4.17. The van der Waals surface area contributed by atoms with Crippen LogP contribution >= 0.6 is 0 Å². The highest BCUT2D eigenvalue weighted by molar-refractivity contribution is 5.36. The van der Waals surface area contributed by atoms with Crippen molar-refractivity contribution in [2.24, 2.45) is 7.05 Å². The average Bonchev–Trinajstić information content (AvgIpc) is 3.28. The lowest BCUT2D eigenvalue weighted by Gasteiger charge is -2.17. The molecule has 1 atom stereocenters. The minimum absolute atomic E-state index is 0.183. The number of aromatic nitrogens is 3. The third kappa shape index (κ3) is 2.83. The quantitative estimate of drug-likeness (QED) is 0.891. The molecule has 1 aliphatic carbocycles. The first-order valence-electron chi connectivity index (χ1n) is 7.55. The molecule has 1 fully saturated rings. The zero-order valence-electron chi connectivity index (χ0n) is 13.1. The molecule has 3 rings (SSSR count). The zero-order valence-corrected chi connectivity index (χ0v) is 13.1. The van der Waals surface area contributed by atoms with E-state index in [1.54, 1.807) is 19.2 Å². The molecule has 1 saturated carbocycles. The molecule has 5 nitrogen and oxygen atoms in total. The highest BCUT2D eigenvalue weighted by atomic mass is 19.1. The van der Waals surface area contributed by atoms with Crippen LogP contribution in [0.4, 0.5) is 4.39 Å². The number of ether oxygens (including phenoxy) is 1. The van der Waals surface area contributed by atoms with Crippen molar-refractivity contribution in [3.63, 3.8) is 0 Å². The third-order valence-corrected chi connectivity index (χ3v) is 4.17. The molecule has 0 saturated heterocycles. The van der Waals surface area contributed by atoms with E-state index in [4.69, 9.17) is 4.74 Å². The van der Waals surface area contributed by atoms with Gasteiger partial charge in [-0.1, -0.05) is 6.07 Å². The van der Waals surface area contributed by atoms with E-state index in [-0.39, 0.29) is 11.9 Å². The Balaban J connectivity index is 1.71. The van der Waals surface area contributed by atoms with Crippen molar-refractivity contribution in [3.8, 4) is 5.75 Å². The Labute approximate surface area is 129 Å². The summed E-state index contributed by atoms with van der Waals surface area (Å²) in [6.45, 7) is 2.45. The predicted molar refractivity (Wildman–Crippen MR) is 81.2 cm³/mol. The van der Waals surface area contributed by atoms with E-state index in [1.807, 2.05) is 18.5 Å². The normalized spacial score (nSPS) is 15.8. The Kier molecular flexibility index (Phi) is 4.11. The molecule has 1 heterocycles. The molecule has 0 aliphatic heterocycles. The maximum Gasteiger partial charge on any atom is 0.146 e. The van der Waals surface area contributed by atoms with E-state index in [9.17, 15) is 4.39 Å². The van der Waals surface area contributed by atoms with Crippen molar-refractivity contribution < 1.29 is 9.13 Å². The lowest BCUT2D eigenvalue weighted by atomic mass is 10.1. The van der Waals surface area contributed by atoms with E-state index in [1.165, 1.54) is 18.9 Å². The highest BCUT2D eigenvalue weighted by Crippen LogP contribution is 2.38. The van der Waals surface area contributed by atoms with Crippen LogP contribution in [0.3, 0.4) is 0 Å². The number of benzene rings is 1. The lowest BCUT2D eigenvalue weighted by Crippen LogP contribution is -2.22. The molecule has 0 spiro atoms. The Morgan fingerprint density at radius 2 is 2.18 bits per heavy atom. The van der Waals surface area contributed by atoms with Crippen molar-refractivity contribution in [2.75, 3.05) is 7.11 Å². The van der Waals surface area contributed by atoms with Gasteiger partial charge in [-0.05, 0) is 31.9 Å². The van der Waals surface area contributed by atoms with Crippen LogP contribution in [-0.2, 0) is 13.6 Å². The molecule has 0 radical (unpaired) electrons. The number of hydrogen-bond donors (Lipinski definition) is 1. The van der Waals surface area contributed by atoms with Crippen LogP contribution in [-0.4, -0.2) is 21.9 Å². The van der Waals surface area contributed by atoms with Gasteiger partial charge in [0.2, 0.25) is 0 Å². The fourth-order valence-corrected chi connectivity index (χ4v) is 2.69. The summed E-state index contributed by atoms with van der Waals surface area (Å²) in [7, 11) is 3.54. The van der Waals surface area contributed by atoms with Crippen molar-refractivity contribution in [3.05, 3.63) is 41.2 Å². The minimum atomic E-state index is -0.268. The predicted octanol–water partition coefficient (Wildman–Crippen LogP) is 2.69. The summed E-state index contributed by atoms with van der Waals surface area (Å²) in [6, 6.07) is 4.68. The van der Waals surface area contributed by atoms with Gasteiger partial charge in [-0.3, -0.25) is 0 Å². The van der Waals surface area contributed by atoms with Gasteiger partial charge in [-0.15, -0.1) is 10.2 Å². The molecule has 1 aromatic carbocycles. The maximum atomic E-state index is 14.1.